The third kappa shape index (κ3) is 4.17. The molecule has 1 rings (SSSR count). The summed E-state index contributed by atoms with van der Waals surface area (Å²) in [6.45, 7) is 4.40. The third-order valence-corrected chi connectivity index (χ3v) is 3.82. The van der Waals surface area contributed by atoms with Gasteiger partial charge in [0, 0.05) is 0 Å². The van der Waals surface area contributed by atoms with Crippen molar-refractivity contribution in [2.45, 2.75) is 20.0 Å². The second-order valence-corrected chi connectivity index (χ2v) is 5.05. The number of hydrogen-bond acceptors (Lipinski definition) is 3. The van der Waals surface area contributed by atoms with Gasteiger partial charge in [0.15, 0.2) is 0 Å². The molecule has 1 radical (unpaired) electrons. The highest BCUT2D eigenvalue weighted by Crippen LogP contribution is 2.51. The Morgan fingerprint density at radius 3 is 2.40 bits per heavy atom. The van der Waals surface area contributed by atoms with Gasteiger partial charge in [-0.15, -0.1) is 0 Å². The molecule has 0 heterocycles. The minimum Gasteiger partial charge on any atom is -0.309 e. The molecule has 0 atom stereocenters. The molecule has 15 heavy (non-hydrogen) atoms. The quantitative estimate of drug-likeness (QED) is 0.700. The number of rotatable bonds is 6. The van der Waals surface area contributed by atoms with E-state index in [1.165, 1.54) is 0 Å². The summed E-state index contributed by atoms with van der Waals surface area (Å²) < 4.78 is 22.5. The maximum Gasteiger partial charge on any atom is 0.335 e. The Kier molecular flexibility index (Phi) is 5.03. The first-order valence-corrected chi connectivity index (χ1v) is 6.76. The van der Waals surface area contributed by atoms with Crippen molar-refractivity contribution in [3.8, 4) is 0 Å². The van der Waals surface area contributed by atoms with Gasteiger partial charge in [-0.05, 0) is 25.5 Å². The fourth-order valence-electron chi connectivity index (χ4n) is 1.26. The van der Waals surface area contributed by atoms with E-state index in [9.17, 15) is 4.57 Å². The lowest BCUT2D eigenvalue weighted by atomic mass is 10.2. The molecule has 0 aliphatic rings. The van der Waals surface area contributed by atoms with Crippen LogP contribution in [0.15, 0.2) is 24.3 Å². The summed E-state index contributed by atoms with van der Waals surface area (Å²) in [6, 6.07) is 10.4. The van der Waals surface area contributed by atoms with Crippen molar-refractivity contribution in [1.29, 1.82) is 0 Å². The summed E-state index contributed by atoms with van der Waals surface area (Å²) in [5, 5.41) is 0. The van der Waals surface area contributed by atoms with Crippen LogP contribution in [0.25, 0.3) is 0 Å². The Bertz CT molecular complexity index is 314. The number of benzene rings is 1. The predicted octanol–water partition coefficient (Wildman–Crippen LogP) is 3.25. The van der Waals surface area contributed by atoms with Gasteiger partial charge in [0.2, 0.25) is 0 Å². The minimum atomic E-state index is -2.97. The molecule has 83 valence electrons. The second kappa shape index (κ2) is 6.06. The zero-order chi connectivity index (χ0) is 11.1. The largest absolute Gasteiger partial charge is 0.335 e. The zero-order valence-electron chi connectivity index (χ0n) is 9.10. The summed E-state index contributed by atoms with van der Waals surface area (Å²) >= 11 is 0. The molecule has 0 aliphatic carbocycles. The van der Waals surface area contributed by atoms with Crippen LogP contribution in [0, 0.1) is 6.07 Å². The average Bonchev–Trinajstić information content (AvgIpc) is 2.19. The summed E-state index contributed by atoms with van der Waals surface area (Å²) in [7, 11) is -2.97. The maximum atomic E-state index is 12.1. The summed E-state index contributed by atoms with van der Waals surface area (Å²) in [6.07, 6.45) is 0.287. The van der Waals surface area contributed by atoms with E-state index < -0.39 is 7.60 Å². The molecule has 0 amide bonds. The average molecular weight is 227 g/mol. The summed E-state index contributed by atoms with van der Waals surface area (Å²) in [5.74, 6) is 0. The van der Waals surface area contributed by atoms with Crippen molar-refractivity contribution in [3.05, 3.63) is 35.9 Å². The summed E-state index contributed by atoms with van der Waals surface area (Å²) in [5.41, 5.74) is 0.850. The Morgan fingerprint density at radius 1 is 1.27 bits per heavy atom. The molecule has 0 N–H and O–H groups in total. The molecule has 0 aromatic heterocycles. The molecule has 0 unspecified atom stereocenters. The highest BCUT2D eigenvalue weighted by atomic mass is 31.2. The topological polar surface area (TPSA) is 35.5 Å². The van der Waals surface area contributed by atoms with Gasteiger partial charge in [0.25, 0.3) is 0 Å². The fraction of sp³-hybridized carbons (Fsp3) is 0.455. The third-order valence-electron chi connectivity index (χ3n) is 1.79. The SMILES string of the molecule is CCOP(=O)(Cc1[c]cccc1)OCC. The van der Waals surface area contributed by atoms with Gasteiger partial charge in [-0.2, -0.15) is 0 Å². The van der Waals surface area contributed by atoms with Gasteiger partial charge >= 0.3 is 7.60 Å². The Hall–Kier alpha value is -0.630. The Morgan fingerprint density at radius 2 is 1.93 bits per heavy atom. The zero-order valence-corrected chi connectivity index (χ0v) is 10.00. The molecule has 0 aliphatic heterocycles. The van der Waals surface area contributed by atoms with Gasteiger partial charge in [0.05, 0.1) is 19.4 Å². The van der Waals surface area contributed by atoms with Crippen molar-refractivity contribution in [3.63, 3.8) is 0 Å². The van der Waals surface area contributed by atoms with Crippen LogP contribution in [0.1, 0.15) is 19.4 Å². The van der Waals surface area contributed by atoms with E-state index in [2.05, 4.69) is 6.07 Å². The van der Waals surface area contributed by atoms with Gasteiger partial charge in [-0.3, -0.25) is 4.57 Å². The Balaban J connectivity index is 2.71. The molecule has 0 saturated carbocycles. The van der Waals surface area contributed by atoms with E-state index in [0.717, 1.165) is 5.56 Å². The summed E-state index contributed by atoms with van der Waals surface area (Å²) in [4.78, 5) is 0. The van der Waals surface area contributed by atoms with E-state index in [4.69, 9.17) is 9.05 Å². The van der Waals surface area contributed by atoms with E-state index in [1.54, 1.807) is 19.9 Å². The maximum absolute atomic E-state index is 12.1. The molecule has 0 bridgehead atoms. The van der Waals surface area contributed by atoms with Crippen LogP contribution in [0.3, 0.4) is 0 Å². The molecular formula is C11H16O3P. The predicted molar refractivity (Wildman–Crippen MR) is 59.8 cm³/mol. The van der Waals surface area contributed by atoms with E-state index in [-0.39, 0.29) is 6.16 Å². The van der Waals surface area contributed by atoms with Crippen LogP contribution >= 0.6 is 7.60 Å². The van der Waals surface area contributed by atoms with Crippen LogP contribution in [0.5, 0.6) is 0 Å². The molecule has 0 saturated heterocycles. The molecule has 1 aromatic rings. The van der Waals surface area contributed by atoms with Crippen LogP contribution in [-0.2, 0) is 19.8 Å². The van der Waals surface area contributed by atoms with Crippen molar-refractivity contribution >= 4 is 7.60 Å². The van der Waals surface area contributed by atoms with Crippen molar-refractivity contribution in [2.75, 3.05) is 13.2 Å². The number of hydrogen-bond donors (Lipinski definition) is 0. The first-order valence-electron chi connectivity index (χ1n) is 5.04. The monoisotopic (exact) mass is 227 g/mol. The van der Waals surface area contributed by atoms with Crippen LogP contribution in [0.2, 0.25) is 0 Å². The van der Waals surface area contributed by atoms with Crippen LogP contribution in [-0.4, -0.2) is 13.2 Å². The first-order chi connectivity index (χ1) is 7.20. The van der Waals surface area contributed by atoms with Gasteiger partial charge < -0.3 is 9.05 Å². The van der Waals surface area contributed by atoms with Crippen LogP contribution < -0.4 is 0 Å². The lowest BCUT2D eigenvalue weighted by molar-refractivity contribution is 0.219. The van der Waals surface area contributed by atoms with E-state index >= 15 is 0 Å². The van der Waals surface area contributed by atoms with Gasteiger partial charge in [0.1, 0.15) is 0 Å². The highest BCUT2D eigenvalue weighted by Gasteiger charge is 2.23. The molecule has 4 heteroatoms. The molecule has 0 fully saturated rings. The Labute approximate surface area is 90.9 Å². The lowest BCUT2D eigenvalue weighted by Gasteiger charge is -2.16. The molecule has 0 spiro atoms. The first kappa shape index (κ1) is 12.4. The standard InChI is InChI=1S/C11H16O3P/c1-3-13-15(12,14-4-2)10-11-8-6-5-7-9-11/h5-8H,3-4,10H2,1-2H3. The smallest absolute Gasteiger partial charge is 0.309 e. The second-order valence-electron chi connectivity index (χ2n) is 2.99. The molecular weight excluding hydrogens is 211 g/mol. The van der Waals surface area contributed by atoms with Crippen molar-refractivity contribution < 1.29 is 13.6 Å². The van der Waals surface area contributed by atoms with E-state index in [1.807, 2.05) is 18.2 Å². The van der Waals surface area contributed by atoms with E-state index in [0.29, 0.717) is 13.2 Å². The van der Waals surface area contributed by atoms with Gasteiger partial charge in [-0.1, -0.05) is 24.3 Å². The van der Waals surface area contributed by atoms with Crippen LogP contribution in [0.4, 0.5) is 0 Å². The molecule has 3 nitrogen and oxygen atoms in total. The van der Waals surface area contributed by atoms with Crippen molar-refractivity contribution in [2.24, 2.45) is 0 Å². The fourth-order valence-corrected chi connectivity index (χ4v) is 2.92. The normalized spacial score (nSPS) is 11.6. The molecule has 1 aromatic carbocycles. The highest BCUT2D eigenvalue weighted by molar-refractivity contribution is 7.53. The van der Waals surface area contributed by atoms with Gasteiger partial charge in [-0.25, -0.2) is 0 Å². The minimum absolute atomic E-state index is 0.287. The van der Waals surface area contributed by atoms with Crippen molar-refractivity contribution in [1.82, 2.24) is 0 Å². The lowest BCUT2D eigenvalue weighted by Crippen LogP contribution is -1.98.